The number of anilines is 2. The van der Waals surface area contributed by atoms with E-state index in [1.165, 1.54) is 31.4 Å². The molecule has 0 atom stereocenters. The van der Waals surface area contributed by atoms with Crippen molar-refractivity contribution in [2.45, 2.75) is 12.7 Å². The van der Waals surface area contributed by atoms with E-state index in [0.717, 1.165) is 22.2 Å². The maximum Gasteiger partial charge on any atom is 0.437 e. The van der Waals surface area contributed by atoms with Crippen LogP contribution in [0.3, 0.4) is 0 Å². The lowest BCUT2D eigenvalue weighted by atomic mass is 10.2. The molecular weight excluding hydrogens is 531 g/mol. The van der Waals surface area contributed by atoms with Gasteiger partial charge in [0.15, 0.2) is 5.69 Å². The molecule has 14 heteroatoms. The highest BCUT2D eigenvalue weighted by Gasteiger charge is 2.37. The Kier molecular flexibility index (Phi) is 6.97. The molecule has 0 aliphatic carbocycles. The third-order valence-corrected chi connectivity index (χ3v) is 6.12. The van der Waals surface area contributed by atoms with Crippen LogP contribution < -0.4 is 10.6 Å². The Morgan fingerprint density at radius 3 is 2.69 bits per heavy atom. The average Bonchev–Trinajstić information content (AvgIpc) is 3.42. The fourth-order valence-electron chi connectivity index (χ4n) is 3.04. The second kappa shape index (κ2) is 9.80. The molecule has 1 amide bonds. The minimum Gasteiger partial charge on any atom is -0.347 e. The van der Waals surface area contributed by atoms with Gasteiger partial charge in [-0.2, -0.15) is 18.3 Å². The molecule has 0 unspecified atom stereocenters. The molecule has 0 radical (unpaired) electrons. The highest BCUT2D eigenvalue weighted by Crippen LogP contribution is 2.35. The number of rotatable bonds is 6. The van der Waals surface area contributed by atoms with Crippen molar-refractivity contribution in [1.29, 1.82) is 0 Å². The first kappa shape index (κ1) is 24.9. The predicted octanol–water partition coefficient (Wildman–Crippen LogP) is 6.08. The Bertz CT molecular complexity index is 1400. The van der Waals surface area contributed by atoms with Gasteiger partial charge in [-0.1, -0.05) is 29.3 Å². The first-order valence-electron chi connectivity index (χ1n) is 9.72. The van der Waals surface area contributed by atoms with E-state index in [0.29, 0.717) is 16.0 Å². The van der Waals surface area contributed by atoms with Crippen LogP contribution in [-0.2, 0) is 19.8 Å². The number of aromatic nitrogens is 4. The topological polar surface area (TPSA) is 84.7 Å². The zero-order valence-corrected chi connectivity index (χ0v) is 20.0. The van der Waals surface area contributed by atoms with Crippen LogP contribution in [0, 0.1) is 5.82 Å². The monoisotopic (exact) mass is 544 g/mol. The summed E-state index contributed by atoms with van der Waals surface area (Å²) in [6.45, 7) is 0.126. The minimum absolute atomic E-state index is 0.0494. The molecule has 0 bridgehead atoms. The lowest BCUT2D eigenvalue weighted by molar-refractivity contribution is -0.140. The van der Waals surface area contributed by atoms with E-state index in [4.69, 9.17) is 23.2 Å². The molecule has 4 rings (SSSR count). The Balaban J connectivity index is 1.51. The molecule has 0 aliphatic rings. The first-order chi connectivity index (χ1) is 16.5. The summed E-state index contributed by atoms with van der Waals surface area (Å²) < 4.78 is 54.0. The second-order valence-electron chi connectivity index (χ2n) is 7.21. The second-order valence-corrected chi connectivity index (χ2v) is 8.93. The van der Waals surface area contributed by atoms with Crippen LogP contribution in [0.25, 0.3) is 11.3 Å². The number of hydrogen-bond donors (Lipinski definition) is 2. The van der Waals surface area contributed by atoms with E-state index in [9.17, 15) is 22.4 Å². The van der Waals surface area contributed by atoms with E-state index < -0.39 is 23.6 Å². The Morgan fingerprint density at radius 2 is 1.97 bits per heavy atom. The number of alkyl halides is 3. The number of carbonyl (C=O) groups excluding carboxylic acids is 1. The number of carbonyl (C=O) groups is 1. The molecule has 182 valence electrons. The van der Waals surface area contributed by atoms with Gasteiger partial charge in [0.1, 0.15) is 5.82 Å². The zero-order chi connectivity index (χ0) is 25.3. The highest BCUT2D eigenvalue weighted by molar-refractivity contribution is 7.12. The van der Waals surface area contributed by atoms with Crippen LogP contribution >= 0.6 is 34.5 Å². The fourth-order valence-corrected chi connectivity index (χ4v) is 4.25. The van der Waals surface area contributed by atoms with E-state index in [2.05, 4.69) is 25.7 Å². The van der Waals surface area contributed by atoms with E-state index in [1.54, 1.807) is 11.4 Å². The molecule has 4 aromatic rings. The molecule has 2 N–H and O–H groups in total. The number of nitrogens with one attached hydrogen (secondary N) is 2. The normalized spacial score (nSPS) is 11.5. The molecule has 35 heavy (non-hydrogen) atoms. The van der Waals surface area contributed by atoms with Crippen LogP contribution in [0.2, 0.25) is 10.0 Å². The van der Waals surface area contributed by atoms with E-state index >= 15 is 0 Å². The van der Waals surface area contributed by atoms with E-state index in [1.807, 2.05) is 0 Å². The number of amides is 1. The van der Waals surface area contributed by atoms with Crippen molar-refractivity contribution >= 4 is 52.1 Å². The number of hydrogen-bond acceptors (Lipinski definition) is 6. The molecule has 0 saturated heterocycles. The van der Waals surface area contributed by atoms with Crippen LogP contribution in [0.5, 0.6) is 0 Å². The Hall–Kier alpha value is -3.22. The molecule has 0 spiro atoms. The van der Waals surface area contributed by atoms with Crippen LogP contribution in [0.1, 0.15) is 20.9 Å². The molecular formula is C21H14Cl2F4N6OS. The summed E-state index contributed by atoms with van der Waals surface area (Å²) in [5, 5.41) is 10.4. The molecule has 0 aliphatic heterocycles. The minimum atomic E-state index is -4.67. The van der Waals surface area contributed by atoms with Crippen LogP contribution in [0.15, 0.2) is 42.0 Å². The molecule has 7 nitrogen and oxygen atoms in total. The molecule has 1 aromatic carbocycles. The maximum absolute atomic E-state index is 13.3. The number of nitrogens with zero attached hydrogens (tertiary/aromatic N) is 4. The van der Waals surface area contributed by atoms with Crippen LogP contribution in [0.4, 0.5) is 29.2 Å². The summed E-state index contributed by atoms with van der Waals surface area (Å²) in [7, 11) is 1.36. The van der Waals surface area contributed by atoms with Gasteiger partial charge in [0.25, 0.3) is 5.91 Å². The smallest absolute Gasteiger partial charge is 0.347 e. The summed E-state index contributed by atoms with van der Waals surface area (Å²) >= 11 is 13.1. The molecule has 3 heterocycles. The van der Waals surface area contributed by atoms with Gasteiger partial charge < -0.3 is 10.6 Å². The number of aryl methyl sites for hydroxylation is 1. The van der Waals surface area contributed by atoms with Crippen LogP contribution in [-0.4, -0.2) is 25.7 Å². The SMILES string of the molecule is Cn1cc(Nc2ncc(Cl)c(-c3csc(C(=O)NCc4ccc(F)c(Cl)c4)c3)n2)c(C(F)(F)F)n1. The Morgan fingerprint density at radius 1 is 1.20 bits per heavy atom. The van der Waals surface area contributed by atoms with Crippen molar-refractivity contribution in [3.63, 3.8) is 0 Å². The third-order valence-electron chi connectivity index (χ3n) is 4.62. The lowest BCUT2D eigenvalue weighted by Crippen LogP contribution is -2.21. The number of benzene rings is 1. The summed E-state index contributed by atoms with van der Waals surface area (Å²) in [6, 6.07) is 5.67. The van der Waals surface area contributed by atoms with Gasteiger partial charge in [-0.3, -0.25) is 9.48 Å². The summed E-state index contributed by atoms with van der Waals surface area (Å²) in [6.07, 6.45) is -2.28. The van der Waals surface area contributed by atoms with Gasteiger partial charge >= 0.3 is 6.18 Å². The van der Waals surface area contributed by atoms with Crippen molar-refractivity contribution in [1.82, 2.24) is 25.1 Å². The third kappa shape index (κ3) is 5.72. The van der Waals surface area contributed by atoms with Crippen molar-refractivity contribution in [3.05, 3.63) is 74.0 Å². The molecule has 0 saturated carbocycles. The van der Waals surface area contributed by atoms with Gasteiger partial charge in [-0.15, -0.1) is 11.3 Å². The van der Waals surface area contributed by atoms with Gasteiger partial charge in [0.05, 0.1) is 32.5 Å². The summed E-state index contributed by atoms with van der Waals surface area (Å²) in [4.78, 5) is 21.0. The summed E-state index contributed by atoms with van der Waals surface area (Å²) in [5.41, 5.74) is -0.119. The highest BCUT2D eigenvalue weighted by atomic mass is 35.5. The quantitative estimate of drug-likeness (QED) is 0.287. The fraction of sp³-hybridized carbons (Fsp3) is 0.143. The first-order valence-corrected chi connectivity index (χ1v) is 11.4. The molecule has 0 fully saturated rings. The van der Waals surface area contributed by atoms with Crippen molar-refractivity contribution < 1.29 is 22.4 Å². The zero-order valence-electron chi connectivity index (χ0n) is 17.6. The number of halogens is 6. The molecule has 3 aromatic heterocycles. The number of thiophene rings is 1. The Labute approximate surface area is 209 Å². The van der Waals surface area contributed by atoms with E-state index in [-0.39, 0.29) is 33.9 Å². The van der Waals surface area contributed by atoms with Crippen molar-refractivity contribution in [2.24, 2.45) is 7.05 Å². The van der Waals surface area contributed by atoms with Gasteiger partial charge in [-0.05, 0) is 23.8 Å². The van der Waals surface area contributed by atoms with Gasteiger partial charge in [0, 0.05) is 30.7 Å². The van der Waals surface area contributed by atoms with Gasteiger partial charge in [-0.25, -0.2) is 14.4 Å². The average molecular weight is 545 g/mol. The van der Waals surface area contributed by atoms with Crippen molar-refractivity contribution in [2.75, 3.05) is 5.32 Å². The summed E-state index contributed by atoms with van der Waals surface area (Å²) in [5.74, 6) is -1.08. The largest absolute Gasteiger partial charge is 0.437 e. The van der Waals surface area contributed by atoms with Gasteiger partial charge in [0.2, 0.25) is 5.95 Å². The lowest BCUT2D eigenvalue weighted by Gasteiger charge is -2.09. The maximum atomic E-state index is 13.3. The predicted molar refractivity (Wildman–Crippen MR) is 124 cm³/mol. The van der Waals surface area contributed by atoms with Crippen molar-refractivity contribution in [3.8, 4) is 11.3 Å². The standard InChI is InChI=1S/C21H14Cl2F4N6OS/c1-33-8-15(18(32-33)21(25,26)27)30-20-29-7-13(23)17(31-20)11-5-16(35-9-11)19(34)28-6-10-2-3-14(24)12(22)4-10/h2-5,7-9H,6H2,1H3,(H,28,34)(H,29,30,31).